The number of amides is 1. The molecule has 116 valence electrons. The minimum Gasteiger partial charge on any atom is -0.368 e. The Labute approximate surface area is 121 Å². The van der Waals surface area contributed by atoms with Crippen LogP contribution in [0.3, 0.4) is 0 Å². The molecule has 0 saturated carbocycles. The summed E-state index contributed by atoms with van der Waals surface area (Å²) in [5.74, 6) is -0.532. The molecule has 1 amide bonds. The minimum absolute atomic E-state index is 0.176. The molecule has 1 aromatic rings. The molecule has 1 fully saturated rings. The van der Waals surface area contributed by atoms with Crippen molar-refractivity contribution in [3.05, 3.63) is 35.9 Å². The molecular weight excluding hydrogens is 283 g/mol. The van der Waals surface area contributed by atoms with Crippen LogP contribution in [0.15, 0.2) is 30.3 Å². The average Bonchev–Trinajstić information content (AvgIpc) is 2.81. The summed E-state index contributed by atoms with van der Waals surface area (Å²) in [5, 5.41) is 3.06. The van der Waals surface area contributed by atoms with Gasteiger partial charge in [0.15, 0.2) is 0 Å². The molecule has 3 N–H and O–H groups in total. The van der Waals surface area contributed by atoms with Crippen LogP contribution in [0, 0.1) is 0 Å². The summed E-state index contributed by atoms with van der Waals surface area (Å²) < 4.78 is 37.1. The Morgan fingerprint density at radius 2 is 2.05 bits per heavy atom. The van der Waals surface area contributed by atoms with Crippen LogP contribution in [0.5, 0.6) is 0 Å². The molecule has 1 aliphatic heterocycles. The number of alkyl halides is 3. The zero-order chi connectivity index (χ0) is 15.5. The van der Waals surface area contributed by atoms with E-state index in [1.807, 2.05) is 6.07 Å². The summed E-state index contributed by atoms with van der Waals surface area (Å²) in [6.07, 6.45) is -3.63. The van der Waals surface area contributed by atoms with Gasteiger partial charge in [-0.1, -0.05) is 30.3 Å². The standard InChI is InChI=1S/C14H18F3N3O/c15-14(16,17)9-20-7-6-11(8-20)19-12(13(18)21)10-4-2-1-3-5-10/h1-5,11-12,19H,6-9H2,(H2,18,21)/t11-,12+/m0/s1. The molecule has 21 heavy (non-hydrogen) atoms. The van der Waals surface area contributed by atoms with E-state index in [2.05, 4.69) is 5.32 Å². The number of hydrogen-bond donors (Lipinski definition) is 2. The van der Waals surface area contributed by atoms with E-state index in [0.717, 1.165) is 5.56 Å². The number of carbonyl (C=O) groups is 1. The predicted octanol–water partition coefficient (Wildman–Crippen LogP) is 1.44. The molecule has 2 rings (SSSR count). The Morgan fingerprint density at radius 1 is 1.38 bits per heavy atom. The van der Waals surface area contributed by atoms with Crippen LogP contribution in [0.25, 0.3) is 0 Å². The molecular formula is C14H18F3N3O. The van der Waals surface area contributed by atoms with Gasteiger partial charge >= 0.3 is 6.18 Å². The van der Waals surface area contributed by atoms with Gasteiger partial charge in [0.2, 0.25) is 5.91 Å². The number of benzene rings is 1. The van der Waals surface area contributed by atoms with Crippen molar-refractivity contribution >= 4 is 5.91 Å². The van der Waals surface area contributed by atoms with Crippen molar-refractivity contribution < 1.29 is 18.0 Å². The van der Waals surface area contributed by atoms with E-state index in [1.165, 1.54) is 4.90 Å². The molecule has 1 aromatic carbocycles. The van der Waals surface area contributed by atoms with E-state index in [0.29, 0.717) is 13.0 Å². The molecule has 1 heterocycles. The summed E-state index contributed by atoms with van der Waals surface area (Å²) in [6, 6.07) is 8.08. The van der Waals surface area contributed by atoms with Gasteiger partial charge in [0.25, 0.3) is 0 Å². The lowest BCUT2D eigenvalue weighted by molar-refractivity contribution is -0.143. The maximum absolute atomic E-state index is 12.4. The monoisotopic (exact) mass is 301 g/mol. The van der Waals surface area contributed by atoms with Crippen LogP contribution in [0.4, 0.5) is 13.2 Å². The Balaban J connectivity index is 1.95. The summed E-state index contributed by atoms with van der Waals surface area (Å²) in [7, 11) is 0. The van der Waals surface area contributed by atoms with Crippen LogP contribution < -0.4 is 11.1 Å². The first-order valence-electron chi connectivity index (χ1n) is 6.74. The second-order valence-electron chi connectivity index (χ2n) is 5.25. The fourth-order valence-corrected chi connectivity index (χ4v) is 2.59. The number of rotatable bonds is 5. The highest BCUT2D eigenvalue weighted by Crippen LogP contribution is 2.21. The topological polar surface area (TPSA) is 58.4 Å². The largest absolute Gasteiger partial charge is 0.401 e. The lowest BCUT2D eigenvalue weighted by atomic mass is 10.1. The third-order valence-corrected chi connectivity index (χ3v) is 3.50. The van der Waals surface area contributed by atoms with Gasteiger partial charge in [0.1, 0.15) is 6.04 Å². The molecule has 0 radical (unpaired) electrons. The average molecular weight is 301 g/mol. The molecule has 0 unspecified atom stereocenters. The molecule has 0 aromatic heterocycles. The van der Waals surface area contributed by atoms with Crippen LogP contribution in [-0.4, -0.2) is 42.7 Å². The van der Waals surface area contributed by atoms with Gasteiger partial charge in [-0.05, 0) is 12.0 Å². The molecule has 0 spiro atoms. The fourth-order valence-electron chi connectivity index (χ4n) is 2.59. The van der Waals surface area contributed by atoms with E-state index >= 15 is 0 Å². The van der Waals surface area contributed by atoms with Crippen molar-refractivity contribution in [1.82, 2.24) is 10.2 Å². The number of halogens is 3. The minimum atomic E-state index is -4.20. The highest BCUT2D eigenvalue weighted by atomic mass is 19.4. The molecule has 4 nitrogen and oxygen atoms in total. The fraction of sp³-hybridized carbons (Fsp3) is 0.500. The van der Waals surface area contributed by atoms with Gasteiger partial charge in [-0.25, -0.2) is 0 Å². The predicted molar refractivity (Wildman–Crippen MR) is 72.4 cm³/mol. The number of hydrogen-bond acceptors (Lipinski definition) is 3. The third kappa shape index (κ3) is 4.71. The van der Waals surface area contributed by atoms with Crippen molar-refractivity contribution in [3.8, 4) is 0 Å². The van der Waals surface area contributed by atoms with Gasteiger partial charge in [0.05, 0.1) is 6.54 Å². The second-order valence-corrected chi connectivity index (χ2v) is 5.25. The maximum Gasteiger partial charge on any atom is 0.401 e. The summed E-state index contributed by atoms with van der Waals surface area (Å²) in [5.41, 5.74) is 6.11. The van der Waals surface area contributed by atoms with Gasteiger partial charge in [0, 0.05) is 19.1 Å². The molecule has 7 heteroatoms. The quantitative estimate of drug-likeness (QED) is 0.865. The van der Waals surface area contributed by atoms with Crippen LogP contribution >= 0.6 is 0 Å². The van der Waals surface area contributed by atoms with E-state index in [1.54, 1.807) is 24.3 Å². The number of carbonyl (C=O) groups excluding carboxylic acids is 1. The van der Waals surface area contributed by atoms with Crippen molar-refractivity contribution in [3.63, 3.8) is 0 Å². The molecule has 2 atom stereocenters. The number of primary amides is 1. The van der Waals surface area contributed by atoms with Crippen LogP contribution in [0.1, 0.15) is 18.0 Å². The highest BCUT2D eigenvalue weighted by Gasteiger charge is 2.35. The number of nitrogens with zero attached hydrogens (tertiary/aromatic N) is 1. The third-order valence-electron chi connectivity index (χ3n) is 3.50. The van der Waals surface area contributed by atoms with E-state index in [4.69, 9.17) is 5.73 Å². The number of nitrogens with one attached hydrogen (secondary N) is 1. The Kier molecular flexibility index (Phi) is 4.84. The molecule has 1 saturated heterocycles. The lowest BCUT2D eigenvalue weighted by Crippen LogP contribution is -2.42. The Bertz CT molecular complexity index is 478. The maximum atomic E-state index is 12.4. The van der Waals surface area contributed by atoms with Crippen molar-refractivity contribution in [2.24, 2.45) is 5.73 Å². The van der Waals surface area contributed by atoms with Gasteiger partial charge < -0.3 is 5.73 Å². The summed E-state index contributed by atoms with van der Waals surface area (Å²) in [6.45, 7) is -0.300. The Morgan fingerprint density at radius 3 is 2.62 bits per heavy atom. The van der Waals surface area contributed by atoms with Crippen molar-refractivity contribution in [2.45, 2.75) is 24.7 Å². The molecule has 1 aliphatic rings. The van der Waals surface area contributed by atoms with E-state index < -0.39 is 24.7 Å². The van der Waals surface area contributed by atoms with Gasteiger partial charge in [-0.2, -0.15) is 13.2 Å². The van der Waals surface area contributed by atoms with E-state index in [-0.39, 0.29) is 12.6 Å². The van der Waals surface area contributed by atoms with Crippen molar-refractivity contribution in [2.75, 3.05) is 19.6 Å². The van der Waals surface area contributed by atoms with Crippen LogP contribution in [-0.2, 0) is 4.79 Å². The van der Waals surface area contributed by atoms with Crippen molar-refractivity contribution in [1.29, 1.82) is 0 Å². The van der Waals surface area contributed by atoms with E-state index in [9.17, 15) is 18.0 Å². The number of nitrogens with two attached hydrogens (primary N) is 1. The first-order chi connectivity index (χ1) is 9.85. The smallest absolute Gasteiger partial charge is 0.368 e. The molecule has 0 bridgehead atoms. The lowest BCUT2D eigenvalue weighted by Gasteiger charge is -2.22. The Hall–Kier alpha value is -1.60. The first-order valence-corrected chi connectivity index (χ1v) is 6.74. The van der Waals surface area contributed by atoms with Gasteiger partial charge in [-0.15, -0.1) is 0 Å². The normalized spacial score (nSPS) is 21.4. The molecule has 0 aliphatic carbocycles. The highest BCUT2D eigenvalue weighted by molar-refractivity contribution is 5.81. The number of likely N-dealkylation sites (tertiary alicyclic amines) is 1. The SMILES string of the molecule is NC(=O)[C@H](N[C@H]1CCN(CC(F)(F)F)C1)c1ccccc1. The summed E-state index contributed by atoms with van der Waals surface area (Å²) >= 11 is 0. The summed E-state index contributed by atoms with van der Waals surface area (Å²) in [4.78, 5) is 12.9. The van der Waals surface area contributed by atoms with Gasteiger partial charge in [-0.3, -0.25) is 15.0 Å². The first kappa shape index (κ1) is 15.8. The zero-order valence-corrected chi connectivity index (χ0v) is 11.4. The van der Waals surface area contributed by atoms with Crippen LogP contribution in [0.2, 0.25) is 0 Å². The zero-order valence-electron chi connectivity index (χ0n) is 11.4. The second kappa shape index (κ2) is 6.44.